The number of rotatable bonds is 1. The molecule has 4 saturated carbocycles. The fourth-order valence-corrected chi connectivity index (χ4v) is 6.96. The summed E-state index contributed by atoms with van der Waals surface area (Å²) in [5, 5.41) is -1.41. The molecule has 6 heteroatoms. The van der Waals surface area contributed by atoms with E-state index < -0.39 is 20.4 Å². The van der Waals surface area contributed by atoms with Crippen molar-refractivity contribution in [1.82, 2.24) is 4.98 Å². The van der Waals surface area contributed by atoms with Crippen molar-refractivity contribution in [2.45, 2.75) is 43.6 Å². The predicted octanol–water partition coefficient (Wildman–Crippen LogP) is 3.60. The van der Waals surface area contributed by atoms with Crippen LogP contribution in [-0.4, -0.2) is 13.4 Å². The molecule has 4 aliphatic carbocycles. The average Bonchev–Trinajstić information content (AvgIpc) is 2.50. The molecule has 0 N–H and O–H groups in total. The van der Waals surface area contributed by atoms with E-state index >= 15 is 0 Å². The second-order valence-electron chi connectivity index (χ2n) is 7.71. The number of fused-ring (bicyclic) bond motifs is 1. The van der Waals surface area contributed by atoms with Crippen LogP contribution in [0.25, 0.3) is 0 Å². The molecule has 0 radical (unpaired) electrons. The first-order chi connectivity index (χ1) is 11.0. The summed E-state index contributed by atoms with van der Waals surface area (Å²) in [6.45, 7) is 0. The molecule has 0 amide bonds. The number of ether oxygens (including phenoxy) is 1. The molecule has 1 aromatic rings. The molecular formula is C17H18FNO3S. The highest BCUT2D eigenvalue weighted by Crippen LogP contribution is 2.64. The lowest BCUT2D eigenvalue weighted by Gasteiger charge is -2.57. The fourth-order valence-electron chi connectivity index (χ4n) is 5.72. The molecule has 0 unspecified atom stereocenters. The van der Waals surface area contributed by atoms with Gasteiger partial charge in [0.15, 0.2) is 11.5 Å². The van der Waals surface area contributed by atoms with Gasteiger partial charge in [0.2, 0.25) is 5.03 Å². The molecule has 0 aromatic carbocycles. The van der Waals surface area contributed by atoms with Crippen molar-refractivity contribution in [1.29, 1.82) is 0 Å². The van der Waals surface area contributed by atoms with Gasteiger partial charge in [0.05, 0.1) is 0 Å². The molecule has 1 aromatic heterocycles. The van der Waals surface area contributed by atoms with Gasteiger partial charge < -0.3 is 4.74 Å². The number of pyridine rings is 1. The number of hydrogen-bond acceptors (Lipinski definition) is 4. The van der Waals surface area contributed by atoms with Crippen LogP contribution >= 0.6 is 0 Å². The van der Waals surface area contributed by atoms with Crippen molar-refractivity contribution >= 4 is 9.84 Å². The zero-order valence-corrected chi connectivity index (χ0v) is 13.5. The number of nitrogens with zero attached hydrogens (tertiary/aromatic N) is 1. The van der Waals surface area contributed by atoms with Crippen LogP contribution in [0.4, 0.5) is 4.39 Å². The predicted molar refractivity (Wildman–Crippen MR) is 80.8 cm³/mol. The van der Waals surface area contributed by atoms with E-state index in [0.717, 1.165) is 19.3 Å². The molecule has 2 heterocycles. The Balaban J connectivity index is 1.67. The minimum absolute atomic E-state index is 0.0668. The molecule has 0 spiro atoms. The lowest BCUT2D eigenvalue weighted by atomic mass is 9.49. The summed E-state index contributed by atoms with van der Waals surface area (Å²) < 4.78 is 45.8. The lowest BCUT2D eigenvalue weighted by Crippen LogP contribution is -2.48. The van der Waals surface area contributed by atoms with Gasteiger partial charge in [0.1, 0.15) is 0 Å². The highest BCUT2D eigenvalue weighted by molar-refractivity contribution is 7.95. The van der Waals surface area contributed by atoms with Crippen molar-refractivity contribution in [3.63, 3.8) is 0 Å². The summed E-state index contributed by atoms with van der Waals surface area (Å²) in [6, 6.07) is 3.18. The van der Waals surface area contributed by atoms with E-state index in [1.807, 2.05) is 0 Å². The topological polar surface area (TPSA) is 56.3 Å². The molecule has 4 fully saturated rings. The van der Waals surface area contributed by atoms with E-state index in [1.54, 1.807) is 12.1 Å². The maximum atomic E-state index is 14.9. The Kier molecular flexibility index (Phi) is 2.64. The van der Waals surface area contributed by atoms with E-state index in [1.165, 1.54) is 25.5 Å². The third-order valence-electron chi connectivity index (χ3n) is 6.14. The first-order valence-corrected chi connectivity index (χ1v) is 9.74. The van der Waals surface area contributed by atoms with Gasteiger partial charge >= 0.3 is 0 Å². The SMILES string of the molecule is O=S1(=O)C(F)=C(C23CC4CC(CC(C4)C2)C3)Oc2cccnc21. The van der Waals surface area contributed by atoms with Crippen LogP contribution in [0.2, 0.25) is 0 Å². The number of sulfone groups is 1. The third-order valence-corrected chi connectivity index (χ3v) is 7.61. The van der Waals surface area contributed by atoms with Gasteiger partial charge in [-0.25, -0.2) is 13.4 Å². The Morgan fingerprint density at radius 3 is 2.35 bits per heavy atom. The zero-order valence-electron chi connectivity index (χ0n) is 12.7. The van der Waals surface area contributed by atoms with Crippen molar-refractivity contribution in [2.24, 2.45) is 23.2 Å². The minimum Gasteiger partial charge on any atom is -0.454 e. The van der Waals surface area contributed by atoms with Crippen LogP contribution in [0.5, 0.6) is 5.75 Å². The first-order valence-electron chi connectivity index (χ1n) is 8.26. The molecule has 0 saturated heterocycles. The molecule has 0 atom stereocenters. The molecule has 5 aliphatic rings. The van der Waals surface area contributed by atoms with E-state index in [0.29, 0.717) is 17.8 Å². The molecular weight excluding hydrogens is 317 g/mol. The number of aromatic nitrogens is 1. The molecule has 122 valence electrons. The highest BCUT2D eigenvalue weighted by Gasteiger charge is 2.56. The summed E-state index contributed by atoms with van der Waals surface area (Å²) in [5.41, 5.74) is -0.431. The van der Waals surface area contributed by atoms with Gasteiger partial charge in [-0.3, -0.25) is 0 Å². The standard InChI is InChI=1S/C17H18FNO3S/c18-15-14(22-13-2-1-3-19-16(13)23(15,20)21)17-7-10-4-11(8-17)6-12(5-10)9-17/h1-3,10-12H,4-9H2. The average molecular weight is 335 g/mol. The molecule has 1 aliphatic heterocycles. The minimum atomic E-state index is -4.19. The highest BCUT2D eigenvalue weighted by atomic mass is 32.2. The summed E-state index contributed by atoms with van der Waals surface area (Å²) in [4.78, 5) is 3.82. The summed E-state index contributed by atoms with van der Waals surface area (Å²) in [5.74, 6) is 1.99. The molecule has 6 rings (SSSR count). The Bertz CT molecular complexity index is 795. The summed E-state index contributed by atoms with van der Waals surface area (Å²) in [6.07, 6.45) is 7.53. The number of hydrogen-bond donors (Lipinski definition) is 0. The van der Waals surface area contributed by atoms with Gasteiger partial charge in [-0.1, -0.05) is 0 Å². The molecule has 4 bridgehead atoms. The van der Waals surface area contributed by atoms with Crippen LogP contribution in [0.1, 0.15) is 38.5 Å². The molecule has 4 nitrogen and oxygen atoms in total. The Morgan fingerprint density at radius 2 is 1.74 bits per heavy atom. The smallest absolute Gasteiger partial charge is 0.259 e. The van der Waals surface area contributed by atoms with Gasteiger partial charge in [-0.15, -0.1) is 0 Å². The van der Waals surface area contributed by atoms with Crippen LogP contribution < -0.4 is 4.74 Å². The van der Waals surface area contributed by atoms with E-state index in [9.17, 15) is 12.8 Å². The van der Waals surface area contributed by atoms with Crippen LogP contribution in [0.3, 0.4) is 0 Å². The van der Waals surface area contributed by atoms with Gasteiger partial charge in [0.25, 0.3) is 15.0 Å². The Morgan fingerprint density at radius 1 is 1.13 bits per heavy atom. The Hall–Kier alpha value is -1.43. The van der Waals surface area contributed by atoms with E-state index in [-0.39, 0.29) is 16.5 Å². The van der Waals surface area contributed by atoms with Gasteiger partial charge in [-0.05, 0) is 68.4 Å². The van der Waals surface area contributed by atoms with Crippen LogP contribution in [-0.2, 0) is 9.84 Å². The second-order valence-corrected chi connectivity index (χ2v) is 9.46. The lowest BCUT2D eigenvalue weighted by molar-refractivity contribution is -0.0496. The van der Waals surface area contributed by atoms with E-state index in [4.69, 9.17) is 4.74 Å². The van der Waals surface area contributed by atoms with Crippen LogP contribution in [0.15, 0.2) is 34.3 Å². The van der Waals surface area contributed by atoms with E-state index in [2.05, 4.69) is 4.98 Å². The van der Waals surface area contributed by atoms with Crippen molar-refractivity contribution in [3.8, 4) is 5.75 Å². The first kappa shape index (κ1) is 14.0. The third kappa shape index (κ3) is 1.81. The normalized spacial score (nSPS) is 40.0. The quantitative estimate of drug-likeness (QED) is 0.787. The second kappa shape index (κ2) is 4.35. The van der Waals surface area contributed by atoms with Crippen molar-refractivity contribution in [3.05, 3.63) is 29.2 Å². The Labute approximate surface area is 134 Å². The maximum absolute atomic E-state index is 14.9. The fraction of sp³-hybridized carbons (Fsp3) is 0.588. The summed E-state index contributed by atoms with van der Waals surface area (Å²) in [7, 11) is -4.19. The van der Waals surface area contributed by atoms with Crippen molar-refractivity contribution in [2.75, 3.05) is 0 Å². The largest absolute Gasteiger partial charge is 0.454 e. The van der Waals surface area contributed by atoms with Crippen molar-refractivity contribution < 1.29 is 17.5 Å². The number of allylic oxidation sites excluding steroid dienone is 1. The van der Waals surface area contributed by atoms with Crippen LogP contribution in [0, 0.1) is 23.2 Å². The number of halogens is 1. The molecule has 23 heavy (non-hydrogen) atoms. The monoisotopic (exact) mass is 335 g/mol. The summed E-state index contributed by atoms with van der Waals surface area (Å²) >= 11 is 0. The van der Waals surface area contributed by atoms with Gasteiger partial charge in [-0.2, -0.15) is 4.39 Å². The zero-order chi connectivity index (χ0) is 15.8. The maximum Gasteiger partial charge on any atom is 0.259 e. The van der Waals surface area contributed by atoms with Gasteiger partial charge in [0, 0.05) is 11.6 Å².